The van der Waals surface area contributed by atoms with Crippen LogP contribution in [0.15, 0.2) is 18.2 Å². The van der Waals surface area contributed by atoms with Gasteiger partial charge in [-0.15, -0.1) is 0 Å². The van der Waals surface area contributed by atoms with E-state index >= 15 is 0 Å². The number of rotatable bonds is 3. The molecule has 1 aliphatic rings. The van der Waals surface area contributed by atoms with Gasteiger partial charge in [0, 0.05) is 17.5 Å². The van der Waals surface area contributed by atoms with Gasteiger partial charge in [-0.1, -0.05) is 6.07 Å². The Labute approximate surface area is 111 Å². The largest absolute Gasteiger partial charge is 0.496 e. The lowest BCUT2D eigenvalue weighted by atomic mass is 10.1. The number of hydrogen-bond donors (Lipinski definition) is 2. The number of carbonyl (C=O) groups is 1. The lowest BCUT2D eigenvalue weighted by Gasteiger charge is -2.23. The van der Waals surface area contributed by atoms with Crippen molar-refractivity contribution in [2.45, 2.75) is 18.9 Å². The minimum absolute atomic E-state index is 0.141. The van der Waals surface area contributed by atoms with Crippen LogP contribution < -0.4 is 15.8 Å². The lowest BCUT2D eigenvalue weighted by molar-refractivity contribution is 0.0936. The van der Waals surface area contributed by atoms with E-state index in [9.17, 15) is 4.79 Å². The summed E-state index contributed by atoms with van der Waals surface area (Å²) in [4.78, 5) is 12.2. The van der Waals surface area contributed by atoms with Gasteiger partial charge in [-0.2, -0.15) is 11.8 Å². The molecule has 18 heavy (non-hydrogen) atoms. The second kappa shape index (κ2) is 6.00. The maximum atomic E-state index is 12.2. The van der Waals surface area contributed by atoms with E-state index in [1.54, 1.807) is 25.3 Å². The SMILES string of the molecule is COc1cccc(N)c1C(=O)NC1CCCSC1. The normalized spacial score (nSPS) is 19.3. The van der Waals surface area contributed by atoms with Crippen molar-refractivity contribution in [1.82, 2.24) is 5.32 Å². The Bertz CT molecular complexity index is 431. The molecule has 2 rings (SSSR count). The second-order valence-corrected chi connectivity index (χ2v) is 5.46. The third kappa shape index (κ3) is 2.90. The molecule has 1 aromatic carbocycles. The average molecular weight is 266 g/mol. The molecule has 0 spiro atoms. The van der Waals surface area contributed by atoms with E-state index in [-0.39, 0.29) is 11.9 Å². The molecule has 98 valence electrons. The molecule has 1 unspecified atom stereocenters. The number of amides is 1. The van der Waals surface area contributed by atoms with Crippen LogP contribution >= 0.6 is 11.8 Å². The first-order valence-corrected chi connectivity index (χ1v) is 7.19. The molecule has 1 aliphatic heterocycles. The fraction of sp³-hybridized carbons (Fsp3) is 0.462. The van der Waals surface area contributed by atoms with Crippen molar-refractivity contribution in [3.05, 3.63) is 23.8 Å². The summed E-state index contributed by atoms with van der Waals surface area (Å²) in [6.07, 6.45) is 2.19. The van der Waals surface area contributed by atoms with Gasteiger partial charge in [-0.25, -0.2) is 0 Å². The maximum absolute atomic E-state index is 12.2. The first kappa shape index (κ1) is 13.1. The Balaban J connectivity index is 2.12. The summed E-state index contributed by atoms with van der Waals surface area (Å²) in [5.74, 6) is 2.54. The van der Waals surface area contributed by atoms with E-state index < -0.39 is 0 Å². The summed E-state index contributed by atoms with van der Waals surface area (Å²) in [5, 5.41) is 3.03. The highest BCUT2D eigenvalue weighted by Crippen LogP contribution is 2.25. The molecule has 0 aromatic heterocycles. The zero-order chi connectivity index (χ0) is 13.0. The highest BCUT2D eigenvalue weighted by molar-refractivity contribution is 7.99. The van der Waals surface area contributed by atoms with Crippen LogP contribution in [0.1, 0.15) is 23.2 Å². The van der Waals surface area contributed by atoms with Crippen LogP contribution in [0.3, 0.4) is 0 Å². The molecule has 1 atom stereocenters. The molecule has 1 fully saturated rings. The van der Waals surface area contributed by atoms with E-state index in [0.717, 1.165) is 18.6 Å². The molecule has 1 aromatic rings. The number of benzene rings is 1. The van der Waals surface area contributed by atoms with E-state index in [1.807, 2.05) is 11.8 Å². The van der Waals surface area contributed by atoms with Gasteiger partial charge in [-0.3, -0.25) is 4.79 Å². The fourth-order valence-electron chi connectivity index (χ4n) is 2.07. The third-order valence-corrected chi connectivity index (χ3v) is 4.22. The van der Waals surface area contributed by atoms with Gasteiger partial charge in [0.15, 0.2) is 0 Å². The average Bonchev–Trinajstić information content (AvgIpc) is 2.39. The van der Waals surface area contributed by atoms with Crippen LogP contribution in [-0.4, -0.2) is 30.6 Å². The minimum Gasteiger partial charge on any atom is -0.496 e. The summed E-state index contributed by atoms with van der Waals surface area (Å²) in [6, 6.07) is 5.48. The summed E-state index contributed by atoms with van der Waals surface area (Å²) in [5.41, 5.74) is 6.75. The number of nitrogens with two attached hydrogens (primary N) is 1. The first-order valence-electron chi connectivity index (χ1n) is 6.03. The van der Waals surface area contributed by atoms with Crippen molar-refractivity contribution in [1.29, 1.82) is 0 Å². The number of nitrogen functional groups attached to an aromatic ring is 1. The van der Waals surface area contributed by atoms with Crippen LogP contribution in [-0.2, 0) is 0 Å². The van der Waals surface area contributed by atoms with E-state index in [1.165, 1.54) is 5.75 Å². The molecule has 5 heteroatoms. The number of nitrogens with one attached hydrogen (secondary N) is 1. The summed E-state index contributed by atoms with van der Waals surface area (Å²) < 4.78 is 5.19. The van der Waals surface area contributed by atoms with Gasteiger partial charge < -0.3 is 15.8 Å². The van der Waals surface area contributed by atoms with Gasteiger partial charge in [0.05, 0.1) is 7.11 Å². The van der Waals surface area contributed by atoms with Crippen molar-refractivity contribution < 1.29 is 9.53 Å². The molecular weight excluding hydrogens is 248 g/mol. The standard InChI is InChI=1S/C13H18N2O2S/c1-17-11-6-2-5-10(14)12(11)13(16)15-9-4-3-7-18-8-9/h2,5-6,9H,3-4,7-8,14H2,1H3,(H,15,16). The van der Waals surface area contributed by atoms with E-state index in [4.69, 9.17) is 10.5 Å². The van der Waals surface area contributed by atoms with Crippen LogP contribution in [0.4, 0.5) is 5.69 Å². The van der Waals surface area contributed by atoms with Crippen molar-refractivity contribution >= 4 is 23.4 Å². The number of carbonyl (C=O) groups excluding carboxylic acids is 1. The topological polar surface area (TPSA) is 64.3 Å². The number of anilines is 1. The fourth-order valence-corrected chi connectivity index (χ4v) is 3.15. The molecule has 1 heterocycles. The number of methoxy groups -OCH3 is 1. The van der Waals surface area contributed by atoms with Crippen LogP contribution in [0.5, 0.6) is 5.75 Å². The number of ether oxygens (including phenoxy) is 1. The smallest absolute Gasteiger partial charge is 0.257 e. The molecule has 0 saturated carbocycles. The van der Waals surface area contributed by atoms with Crippen molar-refractivity contribution in [2.24, 2.45) is 0 Å². The Hall–Kier alpha value is -1.36. The van der Waals surface area contributed by atoms with E-state index in [2.05, 4.69) is 5.32 Å². The molecule has 3 N–H and O–H groups in total. The molecule has 0 bridgehead atoms. The minimum atomic E-state index is -0.141. The predicted molar refractivity (Wildman–Crippen MR) is 75.2 cm³/mol. The number of hydrogen-bond acceptors (Lipinski definition) is 4. The van der Waals surface area contributed by atoms with Gasteiger partial charge in [-0.05, 0) is 30.7 Å². The Morgan fingerprint density at radius 3 is 3.06 bits per heavy atom. The maximum Gasteiger partial charge on any atom is 0.257 e. The monoisotopic (exact) mass is 266 g/mol. The van der Waals surface area contributed by atoms with Gasteiger partial charge >= 0.3 is 0 Å². The molecule has 0 aliphatic carbocycles. The van der Waals surface area contributed by atoms with Crippen LogP contribution in [0.25, 0.3) is 0 Å². The molecular formula is C13H18N2O2S. The van der Waals surface area contributed by atoms with Gasteiger partial charge in [0.25, 0.3) is 5.91 Å². The highest BCUT2D eigenvalue weighted by atomic mass is 32.2. The predicted octanol–water partition coefficient (Wildman–Crippen LogP) is 1.90. The molecule has 1 saturated heterocycles. The van der Waals surface area contributed by atoms with E-state index in [0.29, 0.717) is 17.0 Å². The second-order valence-electron chi connectivity index (χ2n) is 4.31. The number of thioether (sulfide) groups is 1. The summed E-state index contributed by atoms with van der Waals surface area (Å²) >= 11 is 1.88. The lowest BCUT2D eigenvalue weighted by Crippen LogP contribution is -2.38. The zero-order valence-corrected chi connectivity index (χ0v) is 11.3. The van der Waals surface area contributed by atoms with Crippen molar-refractivity contribution in [3.63, 3.8) is 0 Å². The summed E-state index contributed by atoms with van der Waals surface area (Å²) in [6.45, 7) is 0. The third-order valence-electron chi connectivity index (χ3n) is 3.00. The zero-order valence-electron chi connectivity index (χ0n) is 10.4. The Morgan fingerprint density at radius 1 is 1.56 bits per heavy atom. The van der Waals surface area contributed by atoms with Crippen molar-refractivity contribution in [3.8, 4) is 5.75 Å². The van der Waals surface area contributed by atoms with Gasteiger partial charge in [0.2, 0.25) is 0 Å². The first-order chi connectivity index (χ1) is 8.72. The Morgan fingerprint density at radius 2 is 2.39 bits per heavy atom. The van der Waals surface area contributed by atoms with Crippen LogP contribution in [0, 0.1) is 0 Å². The summed E-state index contributed by atoms with van der Waals surface area (Å²) in [7, 11) is 1.54. The Kier molecular flexibility index (Phi) is 4.36. The molecule has 4 nitrogen and oxygen atoms in total. The quantitative estimate of drug-likeness (QED) is 0.820. The van der Waals surface area contributed by atoms with Crippen LogP contribution in [0.2, 0.25) is 0 Å². The van der Waals surface area contributed by atoms with Gasteiger partial charge in [0.1, 0.15) is 11.3 Å². The molecule has 1 amide bonds. The molecule has 0 radical (unpaired) electrons. The highest BCUT2D eigenvalue weighted by Gasteiger charge is 2.20. The van der Waals surface area contributed by atoms with Crippen molar-refractivity contribution in [2.75, 3.05) is 24.3 Å².